The molecule has 1 N–H and O–H groups in total. The largest absolute Gasteiger partial charge is 0.419 e. The van der Waals surface area contributed by atoms with Crippen LogP contribution in [0.4, 0.5) is 19.0 Å². The number of nitrogens with zero attached hydrogens (tertiary/aromatic N) is 3. The Morgan fingerprint density at radius 2 is 2.11 bits per heavy atom. The lowest BCUT2D eigenvalue weighted by Gasteiger charge is -2.06. The molecular formula is C12H13F3N4. The van der Waals surface area contributed by atoms with Gasteiger partial charge in [0.1, 0.15) is 5.82 Å². The van der Waals surface area contributed by atoms with E-state index in [9.17, 15) is 13.2 Å². The van der Waals surface area contributed by atoms with E-state index in [0.29, 0.717) is 11.6 Å². The summed E-state index contributed by atoms with van der Waals surface area (Å²) in [6, 6.07) is 5.08. The third-order valence-electron chi connectivity index (χ3n) is 2.44. The zero-order chi connectivity index (χ0) is 13.9. The van der Waals surface area contributed by atoms with Crippen molar-refractivity contribution in [3.63, 3.8) is 0 Å². The number of alkyl halides is 3. The summed E-state index contributed by atoms with van der Waals surface area (Å²) in [4.78, 5) is 4.20. The Kier molecular flexibility index (Phi) is 3.73. The molecule has 0 unspecified atom stereocenters. The maximum absolute atomic E-state index is 12.5. The first-order valence-corrected chi connectivity index (χ1v) is 5.84. The molecule has 0 radical (unpaired) electrons. The number of pyridine rings is 1. The summed E-state index contributed by atoms with van der Waals surface area (Å²) < 4.78 is 38.5. The summed E-state index contributed by atoms with van der Waals surface area (Å²) in [6.45, 7) is 2.77. The third kappa shape index (κ3) is 3.24. The van der Waals surface area contributed by atoms with Gasteiger partial charge < -0.3 is 5.32 Å². The topological polar surface area (TPSA) is 42.7 Å². The highest BCUT2D eigenvalue weighted by Gasteiger charge is 2.32. The zero-order valence-corrected chi connectivity index (χ0v) is 10.3. The molecule has 0 aliphatic rings. The summed E-state index contributed by atoms with van der Waals surface area (Å²) in [6.07, 6.45) is -1.75. The van der Waals surface area contributed by atoms with Gasteiger partial charge in [-0.05, 0) is 18.6 Å². The number of anilines is 1. The van der Waals surface area contributed by atoms with E-state index in [0.717, 1.165) is 30.0 Å². The molecule has 0 saturated carbocycles. The van der Waals surface area contributed by atoms with Crippen LogP contribution in [0.1, 0.15) is 18.9 Å². The molecule has 7 heteroatoms. The van der Waals surface area contributed by atoms with Gasteiger partial charge in [-0.2, -0.15) is 18.3 Å². The molecule has 0 amide bonds. The van der Waals surface area contributed by atoms with E-state index in [-0.39, 0.29) is 0 Å². The minimum absolute atomic E-state index is 0.344. The lowest BCUT2D eigenvalue weighted by Crippen LogP contribution is -2.05. The van der Waals surface area contributed by atoms with Gasteiger partial charge in [-0.15, -0.1) is 0 Å². The lowest BCUT2D eigenvalue weighted by molar-refractivity contribution is -0.137. The van der Waals surface area contributed by atoms with Gasteiger partial charge in [0.15, 0.2) is 5.82 Å². The molecule has 2 heterocycles. The molecule has 0 aliphatic carbocycles. The number of hydrogen-bond acceptors (Lipinski definition) is 3. The molecule has 0 fully saturated rings. The number of halogens is 3. The van der Waals surface area contributed by atoms with Crippen LogP contribution in [0.5, 0.6) is 0 Å². The van der Waals surface area contributed by atoms with Crippen molar-refractivity contribution in [3.8, 4) is 5.82 Å². The average Bonchev–Trinajstić information content (AvgIpc) is 2.86. The van der Waals surface area contributed by atoms with Crippen molar-refractivity contribution in [2.45, 2.75) is 19.5 Å². The summed E-state index contributed by atoms with van der Waals surface area (Å²) in [5.41, 5.74) is -0.791. The number of aromatic nitrogens is 3. The highest BCUT2D eigenvalue weighted by Crippen LogP contribution is 2.28. The summed E-state index contributed by atoms with van der Waals surface area (Å²) >= 11 is 0. The standard InChI is InChI=1S/C12H13F3N4/c1-2-6-16-10-4-3-5-11(18-10)19-8-9(7-17-19)12(13,14)15/h3-5,7-8H,2,6H2,1H3,(H,16,18). The molecule has 0 atom stereocenters. The average molecular weight is 270 g/mol. The Hall–Kier alpha value is -2.05. The van der Waals surface area contributed by atoms with Crippen LogP contribution >= 0.6 is 0 Å². The second kappa shape index (κ2) is 5.29. The van der Waals surface area contributed by atoms with E-state index in [2.05, 4.69) is 15.4 Å². The van der Waals surface area contributed by atoms with E-state index >= 15 is 0 Å². The summed E-state index contributed by atoms with van der Waals surface area (Å²) in [5, 5.41) is 6.75. The predicted molar refractivity (Wildman–Crippen MR) is 65.1 cm³/mol. The van der Waals surface area contributed by atoms with Crippen LogP contribution in [0, 0.1) is 0 Å². The van der Waals surface area contributed by atoms with Gasteiger partial charge in [-0.3, -0.25) is 0 Å². The van der Waals surface area contributed by atoms with E-state index in [1.165, 1.54) is 0 Å². The van der Waals surface area contributed by atoms with Crippen molar-refractivity contribution in [2.75, 3.05) is 11.9 Å². The van der Waals surface area contributed by atoms with Gasteiger partial charge in [-0.25, -0.2) is 9.67 Å². The Morgan fingerprint density at radius 1 is 1.32 bits per heavy atom. The first-order valence-electron chi connectivity index (χ1n) is 5.84. The molecule has 0 spiro atoms. The third-order valence-corrected chi connectivity index (χ3v) is 2.44. The number of rotatable bonds is 4. The molecule has 102 valence electrons. The van der Waals surface area contributed by atoms with E-state index < -0.39 is 11.7 Å². The van der Waals surface area contributed by atoms with Crippen LogP contribution in [0.3, 0.4) is 0 Å². The molecule has 2 aromatic heterocycles. The van der Waals surface area contributed by atoms with Gasteiger partial charge in [0.25, 0.3) is 0 Å². The van der Waals surface area contributed by atoms with Crippen molar-refractivity contribution in [3.05, 3.63) is 36.2 Å². The van der Waals surface area contributed by atoms with Gasteiger partial charge in [-0.1, -0.05) is 13.0 Å². The fraction of sp³-hybridized carbons (Fsp3) is 0.333. The van der Waals surface area contributed by atoms with Crippen LogP contribution in [-0.4, -0.2) is 21.3 Å². The van der Waals surface area contributed by atoms with Gasteiger partial charge in [0, 0.05) is 12.7 Å². The van der Waals surface area contributed by atoms with Crippen LogP contribution in [0.25, 0.3) is 5.82 Å². The van der Waals surface area contributed by atoms with Crippen molar-refractivity contribution in [1.82, 2.24) is 14.8 Å². The van der Waals surface area contributed by atoms with Crippen molar-refractivity contribution >= 4 is 5.82 Å². The second-order valence-electron chi connectivity index (χ2n) is 3.98. The second-order valence-corrected chi connectivity index (χ2v) is 3.98. The Balaban J connectivity index is 2.24. The molecule has 2 rings (SSSR count). The molecule has 0 aliphatic heterocycles. The quantitative estimate of drug-likeness (QED) is 0.928. The fourth-order valence-electron chi connectivity index (χ4n) is 1.50. The van der Waals surface area contributed by atoms with E-state index in [4.69, 9.17) is 0 Å². The SMILES string of the molecule is CCCNc1cccc(-n2cc(C(F)(F)F)cn2)n1. The first-order chi connectivity index (χ1) is 9.00. The Morgan fingerprint density at radius 3 is 2.74 bits per heavy atom. The molecule has 2 aromatic rings. The maximum atomic E-state index is 12.5. The van der Waals surface area contributed by atoms with Gasteiger partial charge in [0.05, 0.1) is 11.8 Å². The van der Waals surface area contributed by atoms with Gasteiger partial charge >= 0.3 is 6.18 Å². The monoisotopic (exact) mass is 270 g/mol. The predicted octanol–water partition coefficient (Wildman–Crippen LogP) is 3.11. The number of nitrogens with one attached hydrogen (secondary N) is 1. The molecule has 0 bridgehead atoms. The van der Waals surface area contributed by atoms with Crippen molar-refractivity contribution in [1.29, 1.82) is 0 Å². The lowest BCUT2D eigenvalue weighted by atomic mass is 10.3. The zero-order valence-electron chi connectivity index (χ0n) is 10.3. The van der Waals surface area contributed by atoms with Crippen LogP contribution in [0.15, 0.2) is 30.6 Å². The van der Waals surface area contributed by atoms with Gasteiger partial charge in [0.2, 0.25) is 0 Å². The maximum Gasteiger partial charge on any atom is 0.419 e. The summed E-state index contributed by atoms with van der Waals surface area (Å²) in [7, 11) is 0. The van der Waals surface area contributed by atoms with Crippen LogP contribution < -0.4 is 5.32 Å². The van der Waals surface area contributed by atoms with Crippen LogP contribution in [0.2, 0.25) is 0 Å². The molecule has 4 nitrogen and oxygen atoms in total. The Bertz CT molecular complexity index is 548. The Labute approximate surface area is 108 Å². The summed E-state index contributed by atoms with van der Waals surface area (Å²) in [5.74, 6) is 0.958. The van der Waals surface area contributed by atoms with Crippen LogP contribution in [-0.2, 0) is 6.18 Å². The molecular weight excluding hydrogens is 257 g/mol. The minimum atomic E-state index is -4.39. The molecule has 0 saturated heterocycles. The van der Waals surface area contributed by atoms with E-state index in [1.807, 2.05) is 6.92 Å². The van der Waals surface area contributed by atoms with E-state index in [1.54, 1.807) is 18.2 Å². The smallest absolute Gasteiger partial charge is 0.370 e. The highest BCUT2D eigenvalue weighted by molar-refractivity contribution is 5.39. The normalized spacial score (nSPS) is 11.6. The molecule has 19 heavy (non-hydrogen) atoms. The molecule has 0 aromatic carbocycles. The van der Waals surface area contributed by atoms with Crippen molar-refractivity contribution in [2.24, 2.45) is 0 Å². The van der Waals surface area contributed by atoms with Crippen molar-refractivity contribution < 1.29 is 13.2 Å². The highest BCUT2D eigenvalue weighted by atomic mass is 19.4. The fourth-order valence-corrected chi connectivity index (χ4v) is 1.50. The number of hydrogen-bond donors (Lipinski definition) is 1. The minimum Gasteiger partial charge on any atom is -0.370 e. The first kappa shape index (κ1) is 13.4.